The van der Waals surface area contributed by atoms with Gasteiger partial charge in [-0.25, -0.2) is 0 Å². The molecule has 1 aliphatic carbocycles. The first-order valence-corrected chi connectivity index (χ1v) is 9.37. The number of rotatable bonds is 5. The fraction of sp³-hybridized carbons (Fsp3) is 0.368. The van der Waals surface area contributed by atoms with E-state index in [4.69, 9.17) is 11.6 Å². The molecule has 0 saturated heterocycles. The van der Waals surface area contributed by atoms with E-state index in [1.54, 1.807) is 11.8 Å². The number of aliphatic hydroxyl groups is 1. The van der Waals surface area contributed by atoms with Gasteiger partial charge in [0.15, 0.2) is 0 Å². The summed E-state index contributed by atoms with van der Waals surface area (Å²) in [4.78, 5) is 0. The molecule has 1 N–H and O–H groups in total. The van der Waals surface area contributed by atoms with Crippen LogP contribution in [-0.2, 0) is 18.6 Å². The van der Waals surface area contributed by atoms with Crippen molar-refractivity contribution in [3.8, 4) is 0 Å². The molecule has 3 heteroatoms. The molecule has 0 spiro atoms. The van der Waals surface area contributed by atoms with Gasteiger partial charge in [-0.1, -0.05) is 41.9 Å². The molecule has 0 aromatic heterocycles. The maximum atomic E-state index is 10.4. The average Bonchev–Trinajstić information content (AvgIpc) is 2.56. The van der Waals surface area contributed by atoms with E-state index in [2.05, 4.69) is 18.2 Å². The zero-order chi connectivity index (χ0) is 15.4. The molecule has 0 heterocycles. The molecule has 0 amide bonds. The quantitative estimate of drug-likeness (QED) is 0.813. The number of fused-ring (bicyclic) bond motifs is 1. The lowest BCUT2D eigenvalue weighted by atomic mass is 9.90. The lowest BCUT2D eigenvalue weighted by Gasteiger charge is -2.18. The summed E-state index contributed by atoms with van der Waals surface area (Å²) in [5.41, 5.74) is 5.21. The molecular weight excluding hydrogens is 312 g/mol. The summed E-state index contributed by atoms with van der Waals surface area (Å²) in [5, 5.41) is 11.2. The van der Waals surface area contributed by atoms with Gasteiger partial charge in [-0.3, -0.25) is 0 Å². The van der Waals surface area contributed by atoms with Crippen molar-refractivity contribution >= 4 is 23.4 Å². The third-order valence-corrected chi connectivity index (χ3v) is 5.56. The summed E-state index contributed by atoms with van der Waals surface area (Å²) in [6, 6.07) is 14.4. The van der Waals surface area contributed by atoms with Crippen LogP contribution >= 0.6 is 23.4 Å². The monoisotopic (exact) mass is 332 g/mol. The first-order valence-electron chi connectivity index (χ1n) is 7.84. The second-order valence-electron chi connectivity index (χ2n) is 5.89. The average molecular weight is 333 g/mol. The van der Waals surface area contributed by atoms with Gasteiger partial charge in [-0.05, 0) is 60.1 Å². The SMILES string of the molecule is O[C@H](CSCc1ccc(Cl)cc1)c1ccc2c(c1)CCCC2. The molecule has 1 nitrogen and oxygen atoms in total. The van der Waals surface area contributed by atoms with Crippen LogP contribution in [0.25, 0.3) is 0 Å². The van der Waals surface area contributed by atoms with Crippen molar-refractivity contribution in [3.05, 3.63) is 69.7 Å². The molecule has 1 aliphatic rings. The van der Waals surface area contributed by atoms with Crippen LogP contribution in [0.2, 0.25) is 5.02 Å². The lowest BCUT2D eigenvalue weighted by Crippen LogP contribution is -2.06. The van der Waals surface area contributed by atoms with Crippen molar-refractivity contribution in [2.45, 2.75) is 37.5 Å². The molecule has 0 radical (unpaired) electrons. The third kappa shape index (κ3) is 4.07. The van der Waals surface area contributed by atoms with Crippen LogP contribution in [0.4, 0.5) is 0 Å². The molecule has 0 aliphatic heterocycles. The maximum Gasteiger partial charge on any atom is 0.0880 e. The second kappa shape index (κ2) is 7.54. The lowest BCUT2D eigenvalue weighted by molar-refractivity contribution is 0.204. The number of thioether (sulfide) groups is 1. The van der Waals surface area contributed by atoms with Gasteiger partial charge in [0.2, 0.25) is 0 Å². The number of halogens is 1. The minimum atomic E-state index is -0.385. The first-order chi connectivity index (χ1) is 10.7. The Labute approximate surface area is 141 Å². The summed E-state index contributed by atoms with van der Waals surface area (Å²) in [7, 11) is 0. The fourth-order valence-corrected chi connectivity index (χ4v) is 4.01. The smallest absolute Gasteiger partial charge is 0.0880 e. The molecule has 0 bridgehead atoms. The van der Waals surface area contributed by atoms with Gasteiger partial charge in [0.25, 0.3) is 0 Å². The van der Waals surface area contributed by atoms with Gasteiger partial charge >= 0.3 is 0 Å². The summed E-state index contributed by atoms with van der Waals surface area (Å²) >= 11 is 7.65. The maximum absolute atomic E-state index is 10.4. The third-order valence-electron chi connectivity index (χ3n) is 4.22. The number of hydrogen-bond donors (Lipinski definition) is 1. The molecule has 22 heavy (non-hydrogen) atoms. The molecule has 3 rings (SSSR count). The van der Waals surface area contributed by atoms with Crippen LogP contribution in [0.3, 0.4) is 0 Å². The highest BCUT2D eigenvalue weighted by Crippen LogP contribution is 2.27. The van der Waals surface area contributed by atoms with Gasteiger partial charge in [0.1, 0.15) is 0 Å². The van der Waals surface area contributed by atoms with Gasteiger partial charge in [-0.15, -0.1) is 0 Å². The van der Waals surface area contributed by atoms with E-state index >= 15 is 0 Å². The second-order valence-corrected chi connectivity index (χ2v) is 7.36. The Morgan fingerprint density at radius 1 is 1.00 bits per heavy atom. The summed E-state index contributed by atoms with van der Waals surface area (Å²) in [6.45, 7) is 0. The Hall–Kier alpha value is -0.960. The van der Waals surface area contributed by atoms with Crippen molar-refractivity contribution in [1.29, 1.82) is 0 Å². The van der Waals surface area contributed by atoms with Gasteiger partial charge in [0, 0.05) is 16.5 Å². The number of benzene rings is 2. The van der Waals surface area contributed by atoms with E-state index in [9.17, 15) is 5.11 Å². The highest BCUT2D eigenvalue weighted by molar-refractivity contribution is 7.98. The van der Waals surface area contributed by atoms with Crippen LogP contribution in [0.5, 0.6) is 0 Å². The molecule has 0 saturated carbocycles. The van der Waals surface area contributed by atoms with Crippen molar-refractivity contribution < 1.29 is 5.11 Å². The van der Waals surface area contributed by atoms with E-state index in [0.717, 1.165) is 28.5 Å². The zero-order valence-corrected chi connectivity index (χ0v) is 14.2. The molecule has 2 aromatic carbocycles. The van der Waals surface area contributed by atoms with E-state index in [1.807, 2.05) is 24.3 Å². The predicted molar refractivity (Wildman–Crippen MR) is 95.7 cm³/mol. The van der Waals surface area contributed by atoms with Gasteiger partial charge in [0.05, 0.1) is 6.10 Å². The fourth-order valence-electron chi connectivity index (χ4n) is 2.93. The topological polar surface area (TPSA) is 20.2 Å². The Morgan fingerprint density at radius 2 is 1.73 bits per heavy atom. The number of aliphatic hydroxyl groups excluding tert-OH is 1. The standard InChI is InChI=1S/C19H21ClOS/c20-18-9-5-14(6-10-18)12-22-13-19(21)17-8-7-15-3-1-2-4-16(15)11-17/h5-11,19,21H,1-4,12-13H2/t19-/m1/s1. The van der Waals surface area contributed by atoms with Gasteiger partial charge in [-0.2, -0.15) is 11.8 Å². The van der Waals surface area contributed by atoms with Gasteiger partial charge < -0.3 is 5.11 Å². The highest BCUT2D eigenvalue weighted by atomic mass is 35.5. The van der Waals surface area contributed by atoms with Crippen LogP contribution in [0.15, 0.2) is 42.5 Å². The minimum absolute atomic E-state index is 0.385. The summed E-state index contributed by atoms with van der Waals surface area (Å²) < 4.78 is 0. The zero-order valence-electron chi connectivity index (χ0n) is 12.6. The van der Waals surface area contributed by atoms with Crippen LogP contribution in [0, 0.1) is 0 Å². The Bertz CT molecular complexity index is 624. The van der Waals surface area contributed by atoms with Crippen LogP contribution in [-0.4, -0.2) is 10.9 Å². The van der Waals surface area contributed by atoms with Crippen molar-refractivity contribution in [3.63, 3.8) is 0 Å². The van der Waals surface area contributed by atoms with Crippen molar-refractivity contribution in [1.82, 2.24) is 0 Å². The Balaban J connectivity index is 1.55. The van der Waals surface area contributed by atoms with Crippen molar-refractivity contribution in [2.24, 2.45) is 0 Å². The molecule has 2 aromatic rings. The first kappa shape index (κ1) is 15.9. The Kier molecular flexibility index (Phi) is 5.46. The molecule has 116 valence electrons. The number of aryl methyl sites for hydroxylation is 2. The molecule has 0 unspecified atom stereocenters. The highest BCUT2D eigenvalue weighted by Gasteiger charge is 2.13. The van der Waals surface area contributed by atoms with Crippen LogP contribution in [0.1, 0.15) is 41.2 Å². The van der Waals surface area contributed by atoms with E-state index in [-0.39, 0.29) is 6.10 Å². The Morgan fingerprint density at radius 3 is 2.50 bits per heavy atom. The molecule has 0 fully saturated rings. The minimum Gasteiger partial charge on any atom is -0.388 e. The largest absolute Gasteiger partial charge is 0.388 e. The van der Waals surface area contributed by atoms with Crippen molar-refractivity contribution in [2.75, 3.05) is 5.75 Å². The van der Waals surface area contributed by atoms with E-state index < -0.39 is 0 Å². The van der Waals surface area contributed by atoms with E-state index in [1.165, 1.54) is 36.0 Å². The van der Waals surface area contributed by atoms with Crippen LogP contribution < -0.4 is 0 Å². The predicted octanol–water partition coefficient (Wildman–Crippen LogP) is 5.19. The number of hydrogen-bond acceptors (Lipinski definition) is 2. The summed E-state index contributed by atoms with van der Waals surface area (Å²) in [5.74, 6) is 1.63. The molecule has 1 atom stereocenters. The molecular formula is C19H21ClOS. The van der Waals surface area contributed by atoms with E-state index in [0.29, 0.717) is 0 Å². The summed E-state index contributed by atoms with van der Waals surface area (Å²) in [6.07, 6.45) is 4.54. The normalized spacial score (nSPS) is 15.4.